The molecule has 6 rings (SSSR count). The van der Waals surface area contributed by atoms with Gasteiger partial charge in [0.15, 0.2) is 0 Å². The molecule has 2 unspecified atom stereocenters. The number of phenols is 2. The van der Waals surface area contributed by atoms with Crippen molar-refractivity contribution in [3.8, 4) is 34.5 Å². The molecule has 53 heavy (non-hydrogen) atoms. The molecule has 0 bridgehead atoms. The van der Waals surface area contributed by atoms with Crippen molar-refractivity contribution in [3.63, 3.8) is 0 Å². The van der Waals surface area contributed by atoms with E-state index >= 15 is 0 Å². The summed E-state index contributed by atoms with van der Waals surface area (Å²) in [5, 5.41) is 21.0. The maximum Gasteiger partial charge on any atom is 0.134 e. The summed E-state index contributed by atoms with van der Waals surface area (Å²) < 4.78 is 19.9. The maximum atomic E-state index is 10.2. The fraction of sp³-hybridized carbons (Fsp3) is 0.217. The number of halogens is 2. The average molecular weight is 748 g/mol. The molecule has 5 nitrogen and oxygen atoms in total. The summed E-state index contributed by atoms with van der Waals surface area (Å²) in [6, 6.07) is 46.2. The zero-order chi connectivity index (χ0) is 37.6. The van der Waals surface area contributed by atoms with Gasteiger partial charge in [0.2, 0.25) is 0 Å². The summed E-state index contributed by atoms with van der Waals surface area (Å²) in [4.78, 5) is 0. The van der Waals surface area contributed by atoms with Gasteiger partial charge in [-0.25, -0.2) is 0 Å². The van der Waals surface area contributed by atoms with Gasteiger partial charge >= 0.3 is 0 Å². The SMILES string of the molecule is CC(C)(CC(OC(CC(C)(C)c1ccc(O)c(Cl)c1)c1cccc(Oc2ccccc2)c1)c1cccc(Oc2ccccc2)c1)c1ccc(O)c(Cl)c1. The van der Waals surface area contributed by atoms with Crippen molar-refractivity contribution >= 4 is 23.2 Å². The van der Waals surface area contributed by atoms with Gasteiger partial charge < -0.3 is 24.4 Å². The number of hydrogen-bond acceptors (Lipinski definition) is 5. The van der Waals surface area contributed by atoms with Crippen LogP contribution in [0.5, 0.6) is 34.5 Å². The first kappa shape index (κ1) is 37.8. The van der Waals surface area contributed by atoms with E-state index in [1.165, 1.54) is 0 Å². The van der Waals surface area contributed by atoms with E-state index < -0.39 is 23.0 Å². The average Bonchev–Trinajstić information content (AvgIpc) is 3.14. The van der Waals surface area contributed by atoms with Crippen LogP contribution in [0.4, 0.5) is 0 Å². The van der Waals surface area contributed by atoms with Crippen molar-refractivity contribution in [2.75, 3.05) is 0 Å². The Morgan fingerprint density at radius 3 is 1.23 bits per heavy atom. The van der Waals surface area contributed by atoms with E-state index in [4.69, 9.17) is 37.4 Å². The minimum atomic E-state index is -0.429. The van der Waals surface area contributed by atoms with Gasteiger partial charge in [0.1, 0.15) is 34.5 Å². The molecule has 2 N–H and O–H groups in total. The number of aromatic hydroxyl groups is 2. The van der Waals surface area contributed by atoms with E-state index in [0.29, 0.717) is 34.4 Å². The summed E-state index contributed by atoms with van der Waals surface area (Å²) in [5.74, 6) is 2.95. The Hall–Kier alpha value is -4.94. The van der Waals surface area contributed by atoms with Crippen LogP contribution in [0.2, 0.25) is 10.0 Å². The van der Waals surface area contributed by atoms with Gasteiger partial charge in [-0.3, -0.25) is 0 Å². The molecule has 6 aromatic rings. The molecule has 0 heterocycles. The molecule has 6 aromatic carbocycles. The van der Waals surface area contributed by atoms with E-state index in [1.807, 2.05) is 121 Å². The van der Waals surface area contributed by atoms with E-state index in [9.17, 15) is 10.2 Å². The predicted octanol–water partition coefficient (Wildman–Crippen LogP) is 13.5. The Balaban J connectivity index is 1.42. The lowest BCUT2D eigenvalue weighted by Crippen LogP contribution is -2.26. The van der Waals surface area contributed by atoms with Crippen LogP contribution in [-0.4, -0.2) is 10.2 Å². The zero-order valence-electron chi connectivity index (χ0n) is 30.3. The molecule has 272 valence electrons. The third-order valence-electron chi connectivity index (χ3n) is 9.60. The number of ether oxygens (including phenoxy) is 3. The van der Waals surface area contributed by atoms with Crippen molar-refractivity contribution in [3.05, 3.63) is 178 Å². The number of phenolic OH excluding ortho intramolecular Hbond substituents is 2. The normalized spacial score (nSPS) is 12.9. The van der Waals surface area contributed by atoms with Crippen LogP contribution >= 0.6 is 23.2 Å². The van der Waals surface area contributed by atoms with E-state index in [-0.39, 0.29) is 11.5 Å². The molecular weight excluding hydrogens is 703 g/mol. The highest BCUT2D eigenvalue weighted by Crippen LogP contribution is 2.45. The molecule has 0 amide bonds. The summed E-state index contributed by atoms with van der Waals surface area (Å²) in [6.45, 7) is 8.62. The fourth-order valence-electron chi connectivity index (χ4n) is 6.51. The minimum Gasteiger partial charge on any atom is -0.506 e. The quantitative estimate of drug-likeness (QED) is 0.116. The number of hydrogen-bond donors (Lipinski definition) is 2. The lowest BCUT2D eigenvalue weighted by Gasteiger charge is -2.36. The standard InChI is InChI=1S/C46H44Cl2O5/c1-45(2,33-21-23-41(49)39(47)27-33)29-43(31-13-11-19-37(25-31)51-35-15-7-5-8-16-35)53-44(30-46(3,4)34-22-24-42(50)40(48)28-34)32-14-12-20-38(26-32)52-36-17-9-6-10-18-36/h5-28,43-44,49-50H,29-30H2,1-4H3. The van der Waals surface area contributed by atoms with Gasteiger partial charge in [-0.1, -0.05) is 124 Å². The van der Waals surface area contributed by atoms with Gasteiger partial charge in [0, 0.05) is 0 Å². The van der Waals surface area contributed by atoms with Crippen LogP contribution in [0.3, 0.4) is 0 Å². The van der Waals surface area contributed by atoms with Gasteiger partial charge in [-0.05, 0) is 119 Å². The Kier molecular flexibility index (Phi) is 11.7. The molecule has 0 aliphatic heterocycles. The van der Waals surface area contributed by atoms with Crippen molar-refractivity contribution in [1.82, 2.24) is 0 Å². The molecule has 0 spiro atoms. The molecule has 0 aliphatic carbocycles. The second-order valence-corrected chi connectivity index (χ2v) is 15.4. The van der Waals surface area contributed by atoms with Crippen LogP contribution < -0.4 is 9.47 Å². The monoisotopic (exact) mass is 746 g/mol. The summed E-state index contributed by atoms with van der Waals surface area (Å²) in [6.07, 6.45) is 0.315. The molecule has 0 saturated carbocycles. The summed E-state index contributed by atoms with van der Waals surface area (Å²) in [7, 11) is 0. The van der Waals surface area contributed by atoms with E-state index in [1.54, 1.807) is 12.1 Å². The van der Waals surface area contributed by atoms with Gasteiger partial charge in [-0.15, -0.1) is 0 Å². The number of rotatable bonds is 14. The first-order valence-corrected chi connectivity index (χ1v) is 18.4. The van der Waals surface area contributed by atoms with Crippen LogP contribution in [0.1, 0.15) is 75.0 Å². The summed E-state index contributed by atoms with van der Waals surface area (Å²) >= 11 is 12.9. The van der Waals surface area contributed by atoms with Crippen LogP contribution in [0.25, 0.3) is 0 Å². The number of benzene rings is 6. The van der Waals surface area contributed by atoms with E-state index in [2.05, 4.69) is 39.8 Å². The largest absolute Gasteiger partial charge is 0.506 e. The lowest BCUT2D eigenvalue weighted by molar-refractivity contribution is -0.0413. The second-order valence-electron chi connectivity index (χ2n) is 14.6. The second kappa shape index (κ2) is 16.4. The van der Waals surface area contributed by atoms with Crippen molar-refractivity contribution in [2.24, 2.45) is 0 Å². The van der Waals surface area contributed by atoms with E-state index in [0.717, 1.165) is 33.8 Å². The molecule has 0 aromatic heterocycles. The first-order valence-electron chi connectivity index (χ1n) is 17.7. The van der Waals surface area contributed by atoms with Crippen LogP contribution in [-0.2, 0) is 15.6 Å². The zero-order valence-corrected chi connectivity index (χ0v) is 31.8. The highest BCUT2D eigenvalue weighted by molar-refractivity contribution is 6.32. The Morgan fingerprint density at radius 1 is 0.472 bits per heavy atom. The molecule has 7 heteroatoms. The Morgan fingerprint density at radius 2 is 0.849 bits per heavy atom. The minimum absolute atomic E-state index is 0.0408. The molecule has 0 aliphatic rings. The molecule has 0 radical (unpaired) electrons. The third kappa shape index (κ3) is 9.74. The highest BCUT2D eigenvalue weighted by atomic mass is 35.5. The van der Waals surface area contributed by atoms with Gasteiger partial charge in [0.05, 0.1) is 22.3 Å². The molecule has 2 atom stereocenters. The third-order valence-corrected chi connectivity index (χ3v) is 10.2. The fourth-order valence-corrected chi connectivity index (χ4v) is 6.87. The summed E-state index contributed by atoms with van der Waals surface area (Å²) in [5.41, 5.74) is 2.98. The molecule has 0 fully saturated rings. The van der Waals surface area contributed by atoms with Crippen molar-refractivity contribution in [2.45, 2.75) is 63.6 Å². The Bertz CT molecular complexity index is 1980. The first-order chi connectivity index (χ1) is 25.4. The topological polar surface area (TPSA) is 68.2 Å². The predicted molar refractivity (Wildman–Crippen MR) is 214 cm³/mol. The van der Waals surface area contributed by atoms with Gasteiger partial charge in [0.25, 0.3) is 0 Å². The van der Waals surface area contributed by atoms with Crippen LogP contribution in [0, 0.1) is 0 Å². The van der Waals surface area contributed by atoms with Crippen molar-refractivity contribution < 1.29 is 24.4 Å². The maximum absolute atomic E-state index is 10.2. The molecular formula is C46H44Cl2O5. The number of para-hydroxylation sites is 2. The highest BCUT2D eigenvalue weighted by Gasteiger charge is 2.34. The Labute approximate surface area is 322 Å². The molecule has 0 saturated heterocycles. The smallest absolute Gasteiger partial charge is 0.134 e. The lowest BCUT2D eigenvalue weighted by atomic mass is 9.77. The van der Waals surface area contributed by atoms with Crippen LogP contribution in [0.15, 0.2) is 146 Å². The van der Waals surface area contributed by atoms with Gasteiger partial charge in [-0.2, -0.15) is 0 Å². The van der Waals surface area contributed by atoms with Crippen molar-refractivity contribution in [1.29, 1.82) is 0 Å².